The Morgan fingerprint density at radius 1 is 1.06 bits per heavy atom. The Hall–Kier alpha value is -3.43. The van der Waals surface area contributed by atoms with Crippen molar-refractivity contribution in [2.45, 2.75) is 17.5 Å². The molecule has 0 atom stereocenters. The fourth-order valence-electron chi connectivity index (χ4n) is 3.79. The number of thiophene rings is 1. The Bertz CT molecular complexity index is 1580. The predicted molar refractivity (Wildman–Crippen MR) is 127 cm³/mol. The monoisotopic (exact) mass is 477 g/mol. The average molecular weight is 478 g/mol. The zero-order valence-electron chi connectivity index (χ0n) is 17.2. The summed E-state index contributed by atoms with van der Waals surface area (Å²) in [5.74, 6) is 1.55. The minimum absolute atomic E-state index is 0.123. The first-order valence-electron chi connectivity index (χ1n) is 10.2. The maximum absolute atomic E-state index is 13.7. The molecular formula is C24H16FN3O3S2. The fraction of sp³-hybridized carbons (Fsp3) is 0.125. The van der Waals surface area contributed by atoms with Crippen LogP contribution in [0.5, 0.6) is 11.5 Å². The largest absolute Gasteiger partial charge is 0.454 e. The van der Waals surface area contributed by atoms with Gasteiger partial charge in [-0.05, 0) is 47.5 Å². The van der Waals surface area contributed by atoms with Crippen LogP contribution in [-0.2, 0) is 12.3 Å². The maximum atomic E-state index is 13.7. The molecule has 0 amide bonds. The van der Waals surface area contributed by atoms with Crippen molar-refractivity contribution in [1.82, 2.24) is 14.5 Å². The lowest BCUT2D eigenvalue weighted by molar-refractivity contribution is 0.174. The van der Waals surface area contributed by atoms with E-state index in [9.17, 15) is 9.18 Å². The highest BCUT2D eigenvalue weighted by molar-refractivity contribution is 7.98. The number of nitrogens with zero attached hydrogens (tertiary/aromatic N) is 3. The summed E-state index contributed by atoms with van der Waals surface area (Å²) in [7, 11) is 0. The van der Waals surface area contributed by atoms with Gasteiger partial charge in [0.25, 0.3) is 5.56 Å². The minimum atomic E-state index is -0.288. The normalized spacial score (nSPS) is 12.6. The van der Waals surface area contributed by atoms with Gasteiger partial charge < -0.3 is 9.47 Å². The number of aromatic nitrogens is 3. The molecule has 1 aliphatic rings. The van der Waals surface area contributed by atoms with E-state index in [1.54, 1.807) is 16.8 Å². The summed E-state index contributed by atoms with van der Waals surface area (Å²) in [6.45, 7) is 0.515. The predicted octanol–water partition coefficient (Wildman–Crippen LogP) is 5.21. The Morgan fingerprint density at radius 2 is 1.97 bits per heavy atom. The van der Waals surface area contributed by atoms with E-state index in [2.05, 4.69) is 4.98 Å². The number of hydrogen-bond donors (Lipinski definition) is 0. The summed E-state index contributed by atoms with van der Waals surface area (Å²) in [5.41, 5.74) is 2.24. The molecule has 0 spiro atoms. The summed E-state index contributed by atoms with van der Waals surface area (Å²) in [5, 5.41) is 1.43. The van der Waals surface area contributed by atoms with E-state index in [1.165, 1.54) is 35.2 Å². The van der Waals surface area contributed by atoms with Crippen molar-refractivity contribution >= 4 is 43.5 Å². The lowest BCUT2D eigenvalue weighted by Gasteiger charge is -2.13. The molecule has 33 heavy (non-hydrogen) atoms. The van der Waals surface area contributed by atoms with E-state index in [1.807, 2.05) is 36.4 Å². The van der Waals surface area contributed by atoms with Crippen molar-refractivity contribution in [2.75, 3.05) is 6.79 Å². The van der Waals surface area contributed by atoms with Crippen molar-refractivity contribution in [2.24, 2.45) is 0 Å². The highest BCUT2D eigenvalue weighted by Gasteiger charge is 2.19. The number of halogens is 1. The first-order valence-corrected chi connectivity index (χ1v) is 12.0. The van der Waals surface area contributed by atoms with Gasteiger partial charge in [-0.25, -0.2) is 14.4 Å². The van der Waals surface area contributed by atoms with Crippen molar-refractivity contribution in [3.05, 3.63) is 88.1 Å². The molecule has 0 fully saturated rings. The van der Waals surface area contributed by atoms with Gasteiger partial charge in [0.15, 0.2) is 16.7 Å². The quantitative estimate of drug-likeness (QED) is 0.256. The molecule has 0 saturated heterocycles. The van der Waals surface area contributed by atoms with Crippen LogP contribution in [0, 0.1) is 5.82 Å². The summed E-state index contributed by atoms with van der Waals surface area (Å²) < 4.78 is 26.8. The zero-order valence-corrected chi connectivity index (χ0v) is 18.8. The van der Waals surface area contributed by atoms with Gasteiger partial charge in [-0.2, -0.15) is 0 Å². The standard InChI is InChI=1S/C24H16FN3O3S2/c25-16-4-1-3-15(9-16)12-32-24-27-20-17-5-2-8-26-22(17)33-21(20)23(29)28(24)11-14-6-7-18-19(10-14)31-13-30-18/h1-10H,11-13H2. The number of pyridine rings is 1. The highest BCUT2D eigenvalue weighted by atomic mass is 32.2. The summed E-state index contributed by atoms with van der Waals surface area (Å²) >= 11 is 2.76. The third-order valence-corrected chi connectivity index (χ3v) is 7.49. The van der Waals surface area contributed by atoms with Crippen LogP contribution in [0.4, 0.5) is 4.39 Å². The Labute approximate surface area is 195 Å². The number of rotatable bonds is 5. The van der Waals surface area contributed by atoms with Gasteiger partial charge in [-0.3, -0.25) is 9.36 Å². The third kappa shape index (κ3) is 3.73. The average Bonchev–Trinajstić information content (AvgIpc) is 3.44. The van der Waals surface area contributed by atoms with E-state index in [0.29, 0.717) is 39.2 Å². The molecule has 0 aliphatic carbocycles. The van der Waals surface area contributed by atoms with E-state index in [-0.39, 0.29) is 18.2 Å². The number of hydrogen-bond acceptors (Lipinski definition) is 7. The third-order valence-electron chi connectivity index (χ3n) is 5.35. The molecule has 2 aromatic carbocycles. The van der Waals surface area contributed by atoms with Crippen LogP contribution in [0.1, 0.15) is 11.1 Å². The van der Waals surface area contributed by atoms with Crippen LogP contribution in [0.3, 0.4) is 0 Å². The number of thioether (sulfide) groups is 1. The first-order chi connectivity index (χ1) is 16.2. The molecule has 4 heterocycles. The Kier molecular flexibility index (Phi) is 5.00. The SMILES string of the molecule is O=c1c2sc3ncccc3c2nc(SCc2cccc(F)c2)n1Cc1ccc2c(c1)OCO2. The van der Waals surface area contributed by atoms with Gasteiger partial charge in [0.05, 0.1) is 12.1 Å². The lowest BCUT2D eigenvalue weighted by atomic mass is 10.2. The Morgan fingerprint density at radius 3 is 2.88 bits per heavy atom. The van der Waals surface area contributed by atoms with E-state index in [4.69, 9.17) is 14.5 Å². The molecular weight excluding hydrogens is 461 g/mol. The van der Waals surface area contributed by atoms with Crippen LogP contribution in [0.2, 0.25) is 0 Å². The maximum Gasteiger partial charge on any atom is 0.272 e. The first kappa shape index (κ1) is 20.2. The molecule has 0 unspecified atom stereocenters. The number of benzene rings is 2. The topological polar surface area (TPSA) is 66.2 Å². The van der Waals surface area contributed by atoms with Gasteiger partial charge in [-0.1, -0.05) is 30.0 Å². The zero-order chi connectivity index (χ0) is 22.4. The van der Waals surface area contributed by atoms with E-state index in [0.717, 1.165) is 21.3 Å². The molecule has 6 nitrogen and oxygen atoms in total. The molecule has 0 N–H and O–H groups in total. The molecule has 0 radical (unpaired) electrons. The second-order valence-electron chi connectivity index (χ2n) is 7.53. The molecule has 5 aromatic rings. The van der Waals surface area contributed by atoms with Crippen molar-refractivity contribution in [3.63, 3.8) is 0 Å². The van der Waals surface area contributed by atoms with Crippen molar-refractivity contribution < 1.29 is 13.9 Å². The van der Waals surface area contributed by atoms with Crippen LogP contribution in [0.15, 0.2) is 70.7 Å². The summed E-state index contributed by atoms with van der Waals surface area (Å²) in [4.78, 5) is 23.6. The van der Waals surface area contributed by atoms with Crippen molar-refractivity contribution in [1.29, 1.82) is 0 Å². The van der Waals surface area contributed by atoms with Gasteiger partial charge in [0.2, 0.25) is 6.79 Å². The summed E-state index contributed by atoms with van der Waals surface area (Å²) in [6, 6.07) is 15.9. The van der Waals surface area contributed by atoms with Gasteiger partial charge in [0, 0.05) is 17.3 Å². The van der Waals surface area contributed by atoms with Crippen LogP contribution in [0.25, 0.3) is 20.4 Å². The molecule has 3 aromatic heterocycles. The smallest absolute Gasteiger partial charge is 0.272 e. The van der Waals surface area contributed by atoms with Crippen LogP contribution >= 0.6 is 23.1 Å². The van der Waals surface area contributed by atoms with E-state index >= 15 is 0 Å². The van der Waals surface area contributed by atoms with Crippen LogP contribution in [-0.4, -0.2) is 21.3 Å². The number of ether oxygens (including phenoxy) is 2. The minimum Gasteiger partial charge on any atom is -0.454 e. The lowest BCUT2D eigenvalue weighted by Crippen LogP contribution is -2.23. The second-order valence-corrected chi connectivity index (χ2v) is 9.47. The molecule has 9 heteroatoms. The summed E-state index contributed by atoms with van der Waals surface area (Å²) in [6.07, 6.45) is 1.71. The Balaban J connectivity index is 1.46. The van der Waals surface area contributed by atoms with Crippen molar-refractivity contribution in [3.8, 4) is 11.5 Å². The molecule has 0 bridgehead atoms. The van der Waals surface area contributed by atoms with Gasteiger partial charge in [0.1, 0.15) is 15.3 Å². The highest BCUT2D eigenvalue weighted by Crippen LogP contribution is 2.34. The molecule has 164 valence electrons. The molecule has 6 rings (SSSR count). The second kappa shape index (κ2) is 8.17. The van der Waals surface area contributed by atoms with Gasteiger partial charge >= 0.3 is 0 Å². The van der Waals surface area contributed by atoms with E-state index < -0.39 is 0 Å². The van der Waals surface area contributed by atoms with Crippen LogP contribution < -0.4 is 15.0 Å². The molecule has 0 saturated carbocycles. The van der Waals surface area contributed by atoms with Gasteiger partial charge in [-0.15, -0.1) is 11.3 Å². The molecule has 1 aliphatic heterocycles. The number of fused-ring (bicyclic) bond motifs is 4. The fourth-order valence-corrected chi connectivity index (χ4v) is 5.75.